The second-order valence-corrected chi connectivity index (χ2v) is 6.95. The smallest absolute Gasteiger partial charge is 0.335 e. The van der Waals surface area contributed by atoms with Gasteiger partial charge in [0.2, 0.25) is 0 Å². The fourth-order valence-corrected chi connectivity index (χ4v) is 2.96. The molecule has 0 saturated heterocycles. The maximum atomic E-state index is 13.0. The molecule has 4 heteroatoms. The van der Waals surface area contributed by atoms with E-state index in [9.17, 15) is 4.79 Å². The van der Waals surface area contributed by atoms with Crippen LogP contribution in [0.5, 0.6) is 5.75 Å². The number of nitrogens with zero attached hydrogens (tertiary/aromatic N) is 1. The van der Waals surface area contributed by atoms with Gasteiger partial charge in [-0.3, -0.25) is 4.99 Å². The second kappa shape index (κ2) is 10.2. The van der Waals surface area contributed by atoms with Crippen molar-refractivity contribution in [1.82, 2.24) is 0 Å². The molecular formula is C26H25NO3. The van der Waals surface area contributed by atoms with Crippen molar-refractivity contribution in [2.24, 2.45) is 4.99 Å². The maximum Gasteiger partial charge on any atom is 0.335 e. The second-order valence-electron chi connectivity index (χ2n) is 6.95. The van der Waals surface area contributed by atoms with E-state index in [1.165, 1.54) is 0 Å². The zero-order valence-electron chi connectivity index (χ0n) is 17.2. The van der Waals surface area contributed by atoms with Gasteiger partial charge in [0.1, 0.15) is 12.4 Å². The standard InChI is InChI=1S/C26H25NO3/c1-19(2)18-30-26(28)25(22-14-16-23(29-3)17-15-22)27-24(20-10-6-4-7-11-20)21-12-8-5-9-13-21/h4-17,25H,1,18H2,2-3H3. The van der Waals surface area contributed by atoms with Crippen molar-refractivity contribution in [3.05, 3.63) is 114 Å². The molecule has 1 atom stereocenters. The lowest BCUT2D eigenvalue weighted by atomic mass is 10.0. The topological polar surface area (TPSA) is 47.9 Å². The van der Waals surface area contributed by atoms with Crippen molar-refractivity contribution in [1.29, 1.82) is 0 Å². The molecule has 0 aliphatic heterocycles. The van der Waals surface area contributed by atoms with E-state index < -0.39 is 12.0 Å². The van der Waals surface area contributed by atoms with Gasteiger partial charge in [0.25, 0.3) is 0 Å². The molecule has 3 aromatic carbocycles. The van der Waals surface area contributed by atoms with E-state index in [0.29, 0.717) is 5.75 Å². The summed E-state index contributed by atoms with van der Waals surface area (Å²) in [5.74, 6) is 0.288. The van der Waals surface area contributed by atoms with Crippen LogP contribution >= 0.6 is 0 Å². The number of ether oxygens (including phenoxy) is 2. The molecule has 0 aromatic heterocycles. The first kappa shape index (κ1) is 21.1. The Kier molecular flexibility index (Phi) is 7.17. The minimum atomic E-state index is -0.814. The van der Waals surface area contributed by atoms with Gasteiger partial charge in [0.05, 0.1) is 12.8 Å². The summed E-state index contributed by atoms with van der Waals surface area (Å²) in [6.45, 7) is 5.79. The molecule has 0 amide bonds. The summed E-state index contributed by atoms with van der Waals surface area (Å²) in [4.78, 5) is 17.9. The number of methoxy groups -OCH3 is 1. The molecule has 0 N–H and O–H groups in total. The Labute approximate surface area is 177 Å². The van der Waals surface area contributed by atoms with Crippen molar-refractivity contribution in [3.63, 3.8) is 0 Å². The summed E-state index contributed by atoms with van der Waals surface area (Å²) in [5, 5.41) is 0. The van der Waals surface area contributed by atoms with Crippen LogP contribution in [-0.4, -0.2) is 25.4 Å². The van der Waals surface area contributed by atoms with Crippen LogP contribution < -0.4 is 4.74 Å². The lowest BCUT2D eigenvalue weighted by Crippen LogP contribution is -2.18. The number of rotatable bonds is 8. The molecule has 0 aliphatic carbocycles. The van der Waals surface area contributed by atoms with Crippen LogP contribution in [0.15, 0.2) is 102 Å². The van der Waals surface area contributed by atoms with Crippen LogP contribution in [0.1, 0.15) is 29.7 Å². The van der Waals surface area contributed by atoms with Crippen LogP contribution in [0, 0.1) is 0 Å². The fourth-order valence-electron chi connectivity index (χ4n) is 2.96. The van der Waals surface area contributed by atoms with E-state index in [1.807, 2.05) is 91.9 Å². The van der Waals surface area contributed by atoms with Gasteiger partial charge in [0.15, 0.2) is 6.04 Å². The molecule has 4 nitrogen and oxygen atoms in total. The first-order valence-electron chi connectivity index (χ1n) is 9.72. The summed E-state index contributed by atoms with van der Waals surface area (Å²) < 4.78 is 10.7. The average Bonchev–Trinajstić information content (AvgIpc) is 2.79. The minimum Gasteiger partial charge on any atom is -0.497 e. The molecule has 0 aliphatic rings. The highest BCUT2D eigenvalue weighted by Crippen LogP contribution is 2.25. The molecule has 3 rings (SSSR count). The van der Waals surface area contributed by atoms with Crippen molar-refractivity contribution < 1.29 is 14.3 Å². The number of esters is 1. The third kappa shape index (κ3) is 5.45. The molecule has 0 fully saturated rings. The van der Waals surface area contributed by atoms with Gasteiger partial charge in [-0.25, -0.2) is 4.79 Å². The molecule has 152 valence electrons. The highest BCUT2D eigenvalue weighted by molar-refractivity contribution is 6.13. The predicted molar refractivity (Wildman–Crippen MR) is 120 cm³/mol. The maximum absolute atomic E-state index is 13.0. The van der Waals surface area contributed by atoms with Crippen molar-refractivity contribution in [2.45, 2.75) is 13.0 Å². The van der Waals surface area contributed by atoms with E-state index in [4.69, 9.17) is 14.5 Å². The molecule has 0 saturated carbocycles. The van der Waals surface area contributed by atoms with Gasteiger partial charge in [-0.2, -0.15) is 0 Å². The van der Waals surface area contributed by atoms with Gasteiger partial charge in [-0.15, -0.1) is 0 Å². The summed E-state index contributed by atoms with van der Waals surface area (Å²) in [6, 6.07) is 26.1. The molecule has 0 spiro atoms. The highest BCUT2D eigenvalue weighted by atomic mass is 16.5. The summed E-state index contributed by atoms with van der Waals surface area (Å²) in [7, 11) is 1.61. The molecule has 0 radical (unpaired) electrons. The molecule has 0 heterocycles. The molecule has 0 bridgehead atoms. The Morgan fingerprint density at radius 3 is 1.90 bits per heavy atom. The normalized spacial score (nSPS) is 11.3. The van der Waals surface area contributed by atoms with Crippen molar-refractivity contribution in [3.8, 4) is 5.75 Å². The van der Waals surface area contributed by atoms with Gasteiger partial charge < -0.3 is 9.47 Å². The van der Waals surface area contributed by atoms with E-state index >= 15 is 0 Å². The van der Waals surface area contributed by atoms with Crippen LogP contribution in [0.3, 0.4) is 0 Å². The third-order valence-corrected chi connectivity index (χ3v) is 4.47. The Hall–Kier alpha value is -3.66. The van der Waals surface area contributed by atoms with Gasteiger partial charge in [-0.05, 0) is 30.2 Å². The van der Waals surface area contributed by atoms with Crippen LogP contribution in [0.4, 0.5) is 0 Å². The first-order chi connectivity index (χ1) is 14.6. The van der Waals surface area contributed by atoms with E-state index in [-0.39, 0.29) is 6.61 Å². The highest BCUT2D eigenvalue weighted by Gasteiger charge is 2.23. The average molecular weight is 399 g/mol. The molecule has 30 heavy (non-hydrogen) atoms. The van der Waals surface area contributed by atoms with Crippen LogP contribution in [-0.2, 0) is 9.53 Å². The monoisotopic (exact) mass is 399 g/mol. The zero-order valence-corrected chi connectivity index (χ0v) is 17.2. The zero-order chi connectivity index (χ0) is 21.3. The SMILES string of the molecule is C=C(C)COC(=O)C(N=C(c1ccccc1)c1ccccc1)c1ccc(OC)cc1. The van der Waals surface area contributed by atoms with E-state index in [0.717, 1.165) is 28.0 Å². The Morgan fingerprint density at radius 2 is 1.43 bits per heavy atom. The quantitative estimate of drug-likeness (QED) is 0.290. The summed E-state index contributed by atoms with van der Waals surface area (Å²) >= 11 is 0. The predicted octanol–water partition coefficient (Wildman–Crippen LogP) is 5.39. The molecular weight excluding hydrogens is 374 g/mol. The number of carbonyl (C=O) groups excluding carboxylic acids is 1. The number of carbonyl (C=O) groups is 1. The van der Waals surface area contributed by atoms with E-state index in [1.54, 1.807) is 7.11 Å². The minimum absolute atomic E-state index is 0.160. The number of hydrogen-bond donors (Lipinski definition) is 0. The summed E-state index contributed by atoms with van der Waals surface area (Å²) in [5.41, 5.74) is 4.08. The Morgan fingerprint density at radius 1 is 0.900 bits per heavy atom. The van der Waals surface area contributed by atoms with Gasteiger partial charge in [-0.1, -0.05) is 79.4 Å². The van der Waals surface area contributed by atoms with Crippen molar-refractivity contribution in [2.75, 3.05) is 13.7 Å². The third-order valence-electron chi connectivity index (χ3n) is 4.47. The number of hydrogen-bond acceptors (Lipinski definition) is 4. The number of aliphatic imine (C=N–C) groups is 1. The Bertz CT molecular complexity index is 968. The van der Waals surface area contributed by atoms with Crippen LogP contribution in [0.2, 0.25) is 0 Å². The first-order valence-corrected chi connectivity index (χ1v) is 9.72. The molecule has 3 aromatic rings. The number of benzene rings is 3. The largest absolute Gasteiger partial charge is 0.497 e. The Balaban J connectivity index is 2.09. The summed E-state index contributed by atoms with van der Waals surface area (Å²) in [6.07, 6.45) is 0. The lowest BCUT2D eigenvalue weighted by molar-refractivity contribution is -0.144. The fraction of sp³-hybridized carbons (Fsp3) is 0.154. The lowest BCUT2D eigenvalue weighted by Gasteiger charge is -2.16. The van der Waals surface area contributed by atoms with Gasteiger partial charge >= 0.3 is 5.97 Å². The molecule has 1 unspecified atom stereocenters. The van der Waals surface area contributed by atoms with Crippen LogP contribution in [0.25, 0.3) is 0 Å². The van der Waals surface area contributed by atoms with E-state index in [2.05, 4.69) is 6.58 Å². The van der Waals surface area contributed by atoms with Gasteiger partial charge in [0, 0.05) is 11.1 Å². The van der Waals surface area contributed by atoms with Crippen molar-refractivity contribution >= 4 is 11.7 Å².